The molecular weight excluding hydrogens is 458 g/mol. The standard InChI is InChI=1S/C21H43N9O5/c1-13(28-18(32)14(24)7-6-12-27-21(25)26)17(31)29-15(8-2-4-10-22)19(33)30-16(20(34)35)9-3-5-11-23/h13-16H,2-12,22-24H2,1H3,(H,28,32)(H,29,31)(H,30,33)(H,34,35)(H4,25,26,27). The topological polar surface area (TPSA) is 267 Å². The summed E-state index contributed by atoms with van der Waals surface area (Å²) in [6.07, 6.45) is 3.59. The van der Waals surface area contributed by atoms with Gasteiger partial charge in [0, 0.05) is 6.54 Å². The van der Waals surface area contributed by atoms with Gasteiger partial charge in [-0.25, -0.2) is 4.79 Å². The van der Waals surface area contributed by atoms with Gasteiger partial charge in [-0.2, -0.15) is 0 Å². The van der Waals surface area contributed by atoms with Crippen LogP contribution >= 0.6 is 0 Å². The van der Waals surface area contributed by atoms with Gasteiger partial charge < -0.3 is 49.7 Å². The molecule has 0 aromatic carbocycles. The van der Waals surface area contributed by atoms with Gasteiger partial charge in [-0.15, -0.1) is 0 Å². The zero-order valence-electron chi connectivity index (χ0n) is 20.5. The van der Waals surface area contributed by atoms with Crippen LogP contribution in [0.15, 0.2) is 4.99 Å². The summed E-state index contributed by atoms with van der Waals surface area (Å²) in [6.45, 7) is 2.61. The van der Waals surface area contributed by atoms with Crippen LogP contribution in [-0.4, -0.2) is 78.6 Å². The van der Waals surface area contributed by atoms with Crippen molar-refractivity contribution in [2.45, 2.75) is 82.5 Å². The Bertz CT molecular complexity index is 701. The van der Waals surface area contributed by atoms with Crippen LogP contribution in [0.4, 0.5) is 0 Å². The molecule has 0 aliphatic carbocycles. The van der Waals surface area contributed by atoms with Crippen molar-refractivity contribution in [1.82, 2.24) is 16.0 Å². The lowest BCUT2D eigenvalue weighted by Gasteiger charge is -2.24. The number of unbranched alkanes of at least 4 members (excludes halogenated alkanes) is 2. The smallest absolute Gasteiger partial charge is 0.326 e. The number of rotatable bonds is 19. The molecule has 0 aromatic heterocycles. The molecule has 14 nitrogen and oxygen atoms in total. The van der Waals surface area contributed by atoms with Crippen molar-refractivity contribution < 1.29 is 24.3 Å². The fourth-order valence-corrected chi connectivity index (χ4v) is 3.12. The van der Waals surface area contributed by atoms with E-state index < -0.39 is 47.9 Å². The molecule has 0 saturated heterocycles. The van der Waals surface area contributed by atoms with Gasteiger partial charge in [-0.05, 0) is 71.4 Å². The third-order valence-corrected chi connectivity index (χ3v) is 5.20. The van der Waals surface area contributed by atoms with Crippen LogP contribution in [0.3, 0.4) is 0 Å². The van der Waals surface area contributed by atoms with E-state index in [-0.39, 0.29) is 18.8 Å². The molecule has 0 heterocycles. The number of carbonyl (C=O) groups is 4. The summed E-state index contributed by atoms with van der Waals surface area (Å²) in [4.78, 5) is 53.1. The molecule has 0 aliphatic rings. The number of carboxylic acid groups (broad SMARTS) is 1. The van der Waals surface area contributed by atoms with Gasteiger partial charge in [0.1, 0.15) is 18.1 Å². The van der Waals surface area contributed by atoms with Crippen LogP contribution < -0.4 is 44.6 Å². The maximum atomic E-state index is 12.8. The highest BCUT2D eigenvalue weighted by molar-refractivity contribution is 5.93. The Hall–Kier alpha value is -2.97. The SMILES string of the molecule is CC(NC(=O)C(N)CCCN=C(N)N)C(=O)NC(CCCCN)C(=O)NC(CCCCN)C(=O)O. The van der Waals surface area contributed by atoms with Crippen LogP contribution in [0.25, 0.3) is 0 Å². The Balaban J connectivity index is 4.99. The van der Waals surface area contributed by atoms with E-state index >= 15 is 0 Å². The second kappa shape index (κ2) is 18.4. The average Bonchev–Trinajstić information content (AvgIpc) is 2.79. The van der Waals surface area contributed by atoms with E-state index in [0.29, 0.717) is 58.2 Å². The summed E-state index contributed by atoms with van der Waals surface area (Å²) >= 11 is 0. The highest BCUT2D eigenvalue weighted by atomic mass is 16.4. The normalized spacial score (nSPS) is 14.2. The third-order valence-electron chi connectivity index (χ3n) is 5.20. The Morgan fingerprint density at radius 1 is 0.771 bits per heavy atom. The number of guanidine groups is 1. The summed E-state index contributed by atoms with van der Waals surface area (Å²) in [5.41, 5.74) is 27.3. The van der Waals surface area contributed by atoms with Crippen molar-refractivity contribution in [3.63, 3.8) is 0 Å². The van der Waals surface area contributed by atoms with Gasteiger partial charge in [-0.3, -0.25) is 19.4 Å². The van der Waals surface area contributed by atoms with Gasteiger partial charge in [0.15, 0.2) is 5.96 Å². The number of nitrogens with zero attached hydrogens (tertiary/aromatic N) is 1. The van der Waals surface area contributed by atoms with Crippen LogP contribution in [0.5, 0.6) is 0 Å². The number of hydrogen-bond donors (Lipinski definition) is 9. The predicted octanol–water partition coefficient (Wildman–Crippen LogP) is -2.82. The number of aliphatic carboxylic acids is 1. The fourth-order valence-electron chi connectivity index (χ4n) is 3.12. The minimum Gasteiger partial charge on any atom is -0.480 e. The molecule has 202 valence electrons. The molecule has 0 spiro atoms. The predicted molar refractivity (Wildman–Crippen MR) is 133 cm³/mol. The van der Waals surface area contributed by atoms with Crippen molar-refractivity contribution in [2.75, 3.05) is 19.6 Å². The van der Waals surface area contributed by atoms with E-state index in [2.05, 4.69) is 20.9 Å². The van der Waals surface area contributed by atoms with Gasteiger partial charge >= 0.3 is 5.97 Å². The van der Waals surface area contributed by atoms with E-state index in [9.17, 15) is 24.3 Å². The molecule has 4 atom stereocenters. The Morgan fingerprint density at radius 2 is 1.31 bits per heavy atom. The second-order valence-corrected chi connectivity index (χ2v) is 8.32. The van der Waals surface area contributed by atoms with Crippen molar-refractivity contribution >= 4 is 29.7 Å². The first-order valence-electron chi connectivity index (χ1n) is 11.9. The van der Waals surface area contributed by atoms with Gasteiger partial charge in [0.25, 0.3) is 0 Å². The molecule has 0 saturated carbocycles. The summed E-state index contributed by atoms with van der Waals surface area (Å²) < 4.78 is 0. The van der Waals surface area contributed by atoms with Crippen LogP contribution in [0.2, 0.25) is 0 Å². The molecular formula is C21H43N9O5. The van der Waals surface area contributed by atoms with Gasteiger partial charge in [0.2, 0.25) is 17.7 Å². The van der Waals surface area contributed by atoms with Crippen LogP contribution in [0, 0.1) is 0 Å². The first-order valence-corrected chi connectivity index (χ1v) is 11.9. The first kappa shape index (κ1) is 32.0. The molecule has 4 unspecified atom stereocenters. The molecule has 14 N–H and O–H groups in total. The van der Waals surface area contributed by atoms with Gasteiger partial charge in [0.05, 0.1) is 6.04 Å². The quantitative estimate of drug-likeness (QED) is 0.0497. The van der Waals surface area contributed by atoms with Crippen molar-refractivity contribution in [1.29, 1.82) is 0 Å². The monoisotopic (exact) mass is 501 g/mol. The molecule has 0 radical (unpaired) electrons. The lowest BCUT2D eigenvalue weighted by molar-refractivity contribution is -0.142. The fraction of sp³-hybridized carbons (Fsp3) is 0.762. The Labute approximate surface area is 206 Å². The lowest BCUT2D eigenvalue weighted by Crippen LogP contribution is -2.56. The average molecular weight is 502 g/mol. The van der Waals surface area contributed by atoms with E-state index in [0.717, 1.165) is 0 Å². The Kier molecular flexibility index (Phi) is 16.8. The van der Waals surface area contributed by atoms with Crippen molar-refractivity contribution in [3.8, 4) is 0 Å². The molecule has 0 rings (SSSR count). The highest BCUT2D eigenvalue weighted by Crippen LogP contribution is 2.06. The molecule has 0 fully saturated rings. The molecule has 0 bridgehead atoms. The van der Waals surface area contributed by atoms with E-state index in [1.165, 1.54) is 6.92 Å². The highest BCUT2D eigenvalue weighted by Gasteiger charge is 2.28. The Morgan fingerprint density at radius 3 is 1.83 bits per heavy atom. The molecule has 14 heteroatoms. The number of nitrogens with two attached hydrogens (primary N) is 5. The van der Waals surface area contributed by atoms with E-state index in [4.69, 9.17) is 28.7 Å². The van der Waals surface area contributed by atoms with E-state index in [1.807, 2.05) is 0 Å². The number of carbonyl (C=O) groups excluding carboxylic acids is 3. The van der Waals surface area contributed by atoms with Gasteiger partial charge in [-0.1, -0.05) is 0 Å². The largest absolute Gasteiger partial charge is 0.480 e. The van der Waals surface area contributed by atoms with Crippen molar-refractivity contribution in [3.05, 3.63) is 0 Å². The van der Waals surface area contributed by atoms with Crippen LogP contribution in [0.1, 0.15) is 58.3 Å². The molecule has 0 aromatic rings. The number of carboxylic acids is 1. The number of aliphatic imine (C=N–C) groups is 1. The zero-order chi connectivity index (χ0) is 26.8. The maximum absolute atomic E-state index is 12.8. The summed E-state index contributed by atoms with van der Waals surface area (Å²) in [5.74, 6) is -2.98. The summed E-state index contributed by atoms with van der Waals surface area (Å²) in [5, 5.41) is 17.0. The third kappa shape index (κ3) is 14.8. The number of hydrogen-bond acceptors (Lipinski definition) is 8. The van der Waals surface area contributed by atoms with Crippen LogP contribution in [-0.2, 0) is 19.2 Å². The van der Waals surface area contributed by atoms with Crippen molar-refractivity contribution in [2.24, 2.45) is 33.7 Å². The number of amides is 3. The maximum Gasteiger partial charge on any atom is 0.326 e. The minimum absolute atomic E-state index is 0.0522. The minimum atomic E-state index is -1.17. The zero-order valence-corrected chi connectivity index (χ0v) is 20.5. The summed E-state index contributed by atoms with van der Waals surface area (Å²) in [7, 11) is 0. The summed E-state index contributed by atoms with van der Waals surface area (Å²) in [6, 6.07) is -3.93. The molecule has 3 amide bonds. The van der Waals surface area contributed by atoms with E-state index in [1.54, 1.807) is 0 Å². The number of nitrogens with one attached hydrogen (secondary N) is 3. The lowest BCUT2D eigenvalue weighted by atomic mass is 10.1. The molecule has 0 aliphatic heterocycles. The second-order valence-electron chi connectivity index (χ2n) is 8.32. The first-order chi connectivity index (χ1) is 16.5. The molecule has 35 heavy (non-hydrogen) atoms.